The molecule has 76 valence electrons. The van der Waals surface area contributed by atoms with Gasteiger partial charge in [0.1, 0.15) is 0 Å². The fourth-order valence-corrected chi connectivity index (χ4v) is 2.08. The van der Waals surface area contributed by atoms with Gasteiger partial charge in [0.2, 0.25) is 0 Å². The second kappa shape index (κ2) is 3.92. The number of nitrogens with two attached hydrogens (primary N) is 1. The summed E-state index contributed by atoms with van der Waals surface area (Å²) in [5.74, 6) is 1.57. The van der Waals surface area contributed by atoms with Crippen LogP contribution < -0.4 is 10.6 Å². The predicted molar refractivity (Wildman–Crippen MR) is 56.0 cm³/mol. The molecule has 0 aromatic carbocycles. The van der Waals surface area contributed by atoms with Gasteiger partial charge in [-0.2, -0.15) is 5.10 Å². The largest absolute Gasteiger partial charge is 0.352 e. The van der Waals surface area contributed by atoms with Crippen LogP contribution in [0.5, 0.6) is 0 Å². The van der Waals surface area contributed by atoms with Crippen molar-refractivity contribution in [3.05, 3.63) is 18.3 Å². The van der Waals surface area contributed by atoms with Gasteiger partial charge in [-0.1, -0.05) is 0 Å². The molecule has 0 spiro atoms. The van der Waals surface area contributed by atoms with E-state index in [0.29, 0.717) is 12.0 Å². The van der Waals surface area contributed by atoms with E-state index in [2.05, 4.69) is 22.0 Å². The normalized spacial score (nSPS) is 26.9. The van der Waals surface area contributed by atoms with Gasteiger partial charge < -0.3 is 10.6 Å². The van der Waals surface area contributed by atoms with Crippen LogP contribution >= 0.6 is 0 Å². The van der Waals surface area contributed by atoms with E-state index >= 15 is 0 Å². The third-order valence-corrected chi connectivity index (χ3v) is 2.85. The number of aromatic nitrogens is 2. The standard InChI is InChI=1S/C10H16N4/c1-8-5-9(6-11)7-14(8)10-3-2-4-12-13-10/h2-4,8-9H,5-7,11H2,1H3. The first-order valence-electron chi connectivity index (χ1n) is 5.05. The van der Waals surface area contributed by atoms with E-state index in [1.165, 1.54) is 0 Å². The Kier molecular flexibility index (Phi) is 2.63. The molecule has 0 aliphatic carbocycles. The van der Waals surface area contributed by atoms with Crippen molar-refractivity contribution in [2.75, 3.05) is 18.0 Å². The summed E-state index contributed by atoms with van der Waals surface area (Å²) in [4.78, 5) is 2.28. The third-order valence-electron chi connectivity index (χ3n) is 2.85. The Morgan fingerprint density at radius 1 is 1.64 bits per heavy atom. The zero-order chi connectivity index (χ0) is 9.97. The smallest absolute Gasteiger partial charge is 0.151 e. The van der Waals surface area contributed by atoms with Gasteiger partial charge in [-0.05, 0) is 37.9 Å². The second-order valence-corrected chi connectivity index (χ2v) is 3.92. The van der Waals surface area contributed by atoms with Crippen LogP contribution in [0.3, 0.4) is 0 Å². The van der Waals surface area contributed by atoms with Crippen molar-refractivity contribution in [1.29, 1.82) is 0 Å². The van der Waals surface area contributed by atoms with Crippen LogP contribution in [0.15, 0.2) is 18.3 Å². The maximum atomic E-state index is 5.67. The van der Waals surface area contributed by atoms with Gasteiger partial charge in [-0.25, -0.2) is 0 Å². The molecule has 0 saturated carbocycles. The molecular weight excluding hydrogens is 176 g/mol. The number of nitrogens with zero attached hydrogens (tertiary/aromatic N) is 3. The Morgan fingerprint density at radius 3 is 3.07 bits per heavy atom. The van der Waals surface area contributed by atoms with E-state index < -0.39 is 0 Å². The molecule has 4 heteroatoms. The summed E-state index contributed by atoms with van der Waals surface area (Å²) < 4.78 is 0. The Bertz CT molecular complexity index is 287. The second-order valence-electron chi connectivity index (χ2n) is 3.92. The van der Waals surface area contributed by atoms with Gasteiger partial charge in [0.05, 0.1) is 0 Å². The van der Waals surface area contributed by atoms with Crippen LogP contribution in [0.2, 0.25) is 0 Å². The molecule has 0 radical (unpaired) electrons. The van der Waals surface area contributed by atoms with Crippen LogP contribution in [0.25, 0.3) is 0 Å². The maximum absolute atomic E-state index is 5.67. The first kappa shape index (κ1) is 9.40. The quantitative estimate of drug-likeness (QED) is 0.747. The third kappa shape index (κ3) is 1.70. The van der Waals surface area contributed by atoms with Crippen molar-refractivity contribution in [3.63, 3.8) is 0 Å². The van der Waals surface area contributed by atoms with Crippen LogP contribution in [0.4, 0.5) is 5.82 Å². The fraction of sp³-hybridized carbons (Fsp3) is 0.600. The molecule has 2 N–H and O–H groups in total. The highest BCUT2D eigenvalue weighted by Crippen LogP contribution is 2.26. The molecule has 4 nitrogen and oxygen atoms in total. The molecule has 2 unspecified atom stereocenters. The van der Waals surface area contributed by atoms with E-state index in [4.69, 9.17) is 5.73 Å². The van der Waals surface area contributed by atoms with E-state index in [-0.39, 0.29) is 0 Å². The molecular formula is C10H16N4. The Balaban J connectivity index is 2.13. The van der Waals surface area contributed by atoms with Gasteiger partial charge in [0.25, 0.3) is 0 Å². The lowest BCUT2D eigenvalue weighted by atomic mass is 10.1. The monoisotopic (exact) mass is 192 g/mol. The average Bonchev–Trinajstić information content (AvgIpc) is 2.61. The van der Waals surface area contributed by atoms with E-state index in [1.807, 2.05) is 12.1 Å². The molecule has 1 saturated heterocycles. The van der Waals surface area contributed by atoms with Crippen molar-refractivity contribution in [2.24, 2.45) is 11.7 Å². The highest BCUT2D eigenvalue weighted by atomic mass is 15.3. The summed E-state index contributed by atoms with van der Waals surface area (Å²) >= 11 is 0. The number of hydrogen-bond donors (Lipinski definition) is 1. The lowest BCUT2D eigenvalue weighted by Crippen LogP contribution is -2.28. The molecule has 2 heterocycles. The average molecular weight is 192 g/mol. The van der Waals surface area contributed by atoms with E-state index in [1.54, 1.807) is 6.20 Å². The number of anilines is 1. The van der Waals surface area contributed by atoms with Crippen molar-refractivity contribution in [1.82, 2.24) is 10.2 Å². The molecule has 1 aliphatic heterocycles. The van der Waals surface area contributed by atoms with E-state index in [0.717, 1.165) is 25.3 Å². The number of hydrogen-bond acceptors (Lipinski definition) is 4. The Morgan fingerprint density at radius 2 is 2.50 bits per heavy atom. The molecule has 2 atom stereocenters. The first-order valence-corrected chi connectivity index (χ1v) is 5.05. The summed E-state index contributed by atoms with van der Waals surface area (Å²) in [6, 6.07) is 4.45. The molecule has 1 aromatic heterocycles. The van der Waals surface area contributed by atoms with E-state index in [9.17, 15) is 0 Å². The van der Waals surface area contributed by atoms with Gasteiger partial charge in [0.15, 0.2) is 5.82 Å². The summed E-state index contributed by atoms with van der Waals surface area (Å²) in [7, 11) is 0. The summed E-state index contributed by atoms with van der Waals surface area (Å²) in [5, 5.41) is 8.01. The first-order chi connectivity index (χ1) is 6.81. The predicted octanol–water partition coefficient (Wildman–Crippen LogP) is 0.650. The lowest BCUT2D eigenvalue weighted by molar-refractivity contribution is 0.579. The van der Waals surface area contributed by atoms with Gasteiger partial charge in [-0.15, -0.1) is 5.10 Å². The summed E-state index contributed by atoms with van der Waals surface area (Å²) in [5.41, 5.74) is 5.67. The molecule has 14 heavy (non-hydrogen) atoms. The highest BCUT2D eigenvalue weighted by Gasteiger charge is 2.28. The minimum Gasteiger partial charge on any atom is -0.352 e. The van der Waals surface area contributed by atoms with Crippen molar-refractivity contribution in [2.45, 2.75) is 19.4 Å². The molecule has 1 aliphatic rings. The van der Waals surface area contributed by atoms with Crippen LogP contribution in [-0.2, 0) is 0 Å². The van der Waals surface area contributed by atoms with Gasteiger partial charge in [0, 0.05) is 18.8 Å². The van der Waals surface area contributed by atoms with Crippen LogP contribution in [0, 0.1) is 5.92 Å². The minimum absolute atomic E-state index is 0.528. The zero-order valence-electron chi connectivity index (χ0n) is 8.43. The highest BCUT2D eigenvalue weighted by molar-refractivity contribution is 5.39. The lowest BCUT2D eigenvalue weighted by Gasteiger charge is -2.21. The molecule has 1 fully saturated rings. The van der Waals surface area contributed by atoms with Gasteiger partial charge in [-0.3, -0.25) is 0 Å². The fourth-order valence-electron chi connectivity index (χ4n) is 2.08. The van der Waals surface area contributed by atoms with Crippen LogP contribution in [-0.4, -0.2) is 29.3 Å². The maximum Gasteiger partial charge on any atom is 0.151 e. The molecule has 0 bridgehead atoms. The molecule has 2 rings (SSSR count). The van der Waals surface area contributed by atoms with Crippen molar-refractivity contribution in [3.8, 4) is 0 Å². The minimum atomic E-state index is 0.528. The summed E-state index contributed by atoms with van der Waals surface area (Å²) in [6.07, 6.45) is 2.86. The SMILES string of the molecule is CC1CC(CN)CN1c1cccnn1. The summed E-state index contributed by atoms with van der Waals surface area (Å²) in [6.45, 7) is 3.99. The molecule has 0 amide bonds. The molecule has 1 aromatic rings. The van der Waals surface area contributed by atoms with Crippen molar-refractivity contribution < 1.29 is 0 Å². The van der Waals surface area contributed by atoms with Crippen molar-refractivity contribution >= 4 is 5.82 Å². The van der Waals surface area contributed by atoms with Gasteiger partial charge >= 0.3 is 0 Å². The Hall–Kier alpha value is -1.16. The van der Waals surface area contributed by atoms with Crippen LogP contribution in [0.1, 0.15) is 13.3 Å². The topological polar surface area (TPSA) is 55.0 Å². The zero-order valence-corrected chi connectivity index (χ0v) is 8.43. The number of rotatable bonds is 2. The Labute approximate surface area is 84.1 Å².